The number of benzene rings is 2. The molecule has 2 aromatic carbocycles. The van der Waals surface area contributed by atoms with Crippen LogP contribution in [0.25, 0.3) is 0 Å². The normalized spacial score (nSPS) is 21.3. The minimum Gasteiger partial charge on any atom is -0.508 e. The van der Waals surface area contributed by atoms with Crippen molar-refractivity contribution in [1.29, 1.82) is 0 Å². The van der Waals surface area contributed by atoms with Crippen molar-refractivity contribution in [1.82, 2.24) is 4.90 Å². The molecule has 4 nitrogen and oxygen atoms in total. The summed E-state index contributed by atoms with van der Waals surface area (Å²) in [5.74, 6) is -1.16. The summed E-state index contributed by atoms with van der Waals surface area (Å²) in [4.78, 5) is 13.6. The molecule has 2 aromatic rings. The molecule has 1 aliphatic carbocycles. The lowest BCUT2D eigenvalue weighted by Gasteiger charge is -2.33. The third-order valence-electron chi connectivity index (χ3n) is 5.77. The first-order chi connectivity index (χ1) is 13.9. The van der Waals surface area contributed by atoms with Crippen molar-refractivity contribution in [2.75, 3.05) is 25.6 Å². The Hall–Kier alpha value is -2.18. The zero-order valence-electron chi connectivity index (χ0n) is 15.8. The van der Waals surface area contributed by atoms with Gasteiger partial charge < -0.3 is 14.7 Å². The van der Waals surface area contributed by atoms with Crippen molar-refractivity contribution in [3.63, 3.8) is 0 Å². The van der Waals surface area contributed by atoms with Gasteiger partial charge in [0.1, 0.15) is 29.4 Å². The molecule has 7 heteroatoms. The maximum absolute atomic E-state index is 14.5. The maximum atomic E-state index is 14.5. The van der Waals surface area contributed by atoms with E-state index >= 15 is 0 Å². The van der Waals surface area contributed by atoms with Crippen LogP contribution in [0.4, 0.5) is 8.78 Å². The quantitative estimate of drug-likeness (QED) is 0.757. The third-order valence-corrected chi connectivity index (χ3v) is 6.00. The van der Waals surface area contributed by atoms with Gasteiger partial charge in [-0.15, -0.1) is 11.6 Å². The number of rotatable bonds is 4. The van der Waals surface area contributed by atoms with E-state index in [2.05, 4.69) is 0 Å². The van der Waals surface area contributed by atoms with E-state index in [1.54, 1.807) is 17.0 Å². The van der Waals surface area contributed by atoms with Crippen molar-refractivity contribution < 1.29 is 23.4 Å². The smallest absolute Gasteiger partial charge is 0.237 e. The lowest BCUT2D eigenvalue weighted by Crippen LogP contribution is -2.43. The van der Waals surface area contributed by atoms with Crippen molar-refractivity contribution in [2.45, 2.75) is 31.3 Å². The fraction of sp³-hybridized carbons (Fsp3) is 0.409. The van der Waals surface area contributed by atoms with Gasteiger partial charge in [-0.25, -0.2) is 8.78 Å². The molecule has 154 valence electrons. The van der Waals surface area contributed by atoms with Crippen LogP contribution in [0.5, 0.6) is 5.75 Å². The second-order valence-electron chi connectivity index (χ2n) is 7.65. The fourth-order valence-electron chi connectivity index (χ4n) is 4.49. The number of phenolic OH excluding ortho intramolecular Hbond substituents is 1. The Bertz CT molecular complexity index is 916. The fourth-order valence-corrected chi connectivity index (χ4v) is 4.66. The first-order valence-corrected chi connectivity index (χ1v) is 10.2. The number of phenols is 1. The average Bonchev–Trinajstić information content (AvgIpc) is 3.08. The van der Waals surface area contributed by atoms with Gasteiger partial charge in [-0.1, -0.05) is 0 Å². The first-order valence-electron chi connectivity index (χ1n) is 9.70. The number of hydrogen-bond donors (Lipinski definition) is 1. The maximum Gasteiger partial charge on any atom is 0.237 e. The minimum absolute atomic E-state index is 0.0322. The lowest BCUT2D eigenvalue weighted by molar-refractivity contribution is -0.136. The summed E-state index contributed by atoms with van der Waals surface area (Å²) in [5, 5.41) is 9.65. The summed E-state index contributed by atoms with van der Waals surface area (Å²) >= 11 is 5.68. The predicted octanol–water partition coefficient (Wildman–Crippen LogP) is 4.08. The van der Waals surface area contributed by atoms with Crippen LogP contribution in [0, 0.1) is 11.6 Å². The number of carbonyl (C=O) groups is 1. The Kier molecular flexibility index (Phi) is 5.74. The number of alkyl halides is 1. The number of fused-ring (bicyclic) bond motifs is 1. The highest BCUT2D eigenvalue weighted by atomic mass is 35.5. The summed E-state index contributed by atoms with van der Waals surface area (Å²) < 4.78 is 34.0. The highest BCUT2D eigenvalue weighted by molar-refractivity contribution is 6.27. The highest BCUT2D eigenvalue weighted by Gasteiger charge is 2.32. The molecule has 0 saturated carbocycles. The van der Waals surface area contributed by atoms with E-state index in [1.807, 2.05) is 0 Å². The molecular weight excluding hydrogens is 400 g/mol. The Balaban J connectivity index is 1.61. The van der Waals surface area contributed by atoms with Crippen molar-refractivity contribution in [2.24, 2.45) is 0 Å². The van der Waals surface area contributed by atoms with Gasteiger partial charge in [0, 0.05) is 12.6 Å². The minimum atomic E-state index is -0.488. The average molecular weight is 422 g/mol. The van der Waals surface area contributed by atoms with Gasteiger partial charge >= 0.3 is 0 Å². The Morgan fingerprint density at radius 2 is 1.93 bits per heavy atom. The number of morpholine rings is 1. The van der Waals surface area contributed by atoms with Crippen LogP contribution >= 0.6 is 11.6 Å². The van der Waals surface area contributed by atoms with Crippen LogP contribution in [0.2, 0.25) is 0 Å². The van der Waals surface area contributed by atoms with Crippen molar-refractivity contribution >= 4 is 17.5 Å². The van der Waals surface area contributed by atoms with Gasteiger partial charge in [-0.2, -0.15) is 0 Å². The molecule has 2 atom stereocenters. The number of carbonyl (C=O) groups excluding carboxylic acids is 1. The lowest BCUT2D eigenvalue weighted by atomic mass is 9.91. The molecule has 1 saturated heterocycles. The Morgan fingerprint density at radius 1 is 1.17 bits per heavy atom. The Labute approximate surface area is 173 Å². The molecule has 1 N–H and O–H groups in total. The standard InChI is InChI=1S/C22H22ClF2NO3/c23-11-22(28)26-3-4-29-21(12-26)20-10-16(25)9-19-14(1-2-18(19)20)5-13-6-15(24)8-17(27)7-13/h6-10,14,21,27H,1-5,11-12H2/t14-,21+/m1/s1. The largest absolute Gasteiger partial charge is 0.508 e. The zero-order chi connectivity index (χ0) is 20.5. The van der Waals surface area contributed by atoms with Gasteiger partial charge in [0.25, 0.3) is 0 Å². The summed E-state index contributed by atoms with van der Waals surface area (Å²) in [6, 6.07) is 7.05. The molecular formula is C22H22ClF2NO3. The molecule has 1 aliphatic heterocycles. The monoisotopic (exact) mass is 421 g/mol. The number of amides is 1. The van der Waals surface area contributed by atoms with Gasteiger partial charge in [0.2, 0.25) is 5.91 Å². The second-order valence-corrected chi connectivity index (χ2v) is 7.92. The molecule has 2 aliphatic rings. The van der Waals surface area contributed by atoms with Gasteiger partial charge in [-0.3, -0.25) is 4.79 Å². The molecule has 0 aromatic heterocycles. The van der Waals surface area contributed by atoms with Crippen molar-refractivity contribution in [3.8, 4) is 5.75 Å². The molecule has 1 amide bonds. The van der Waals surface area contributed by atoms with Crippen LogP contribution in [0.3, 0.4) is 0 Å². The molecule has 29 heavy (non-hydrogen) atoms. The number of nitrogens with zero attached hydrogens (tertiary/aromatic N) is 1. The number of hydrogen-bond acceptors (Lipinski definition) is 3. The van der Waals surface area contributed by atoms with E-state index in [0.717, 1.165) is 35.6 Å². The van der Waals surface area contributed by atoms with Gasteiger partial charge in [0.15, 0.2) is 0 Å². The van der Waals surface area contributed by atoms with E-state index < -0.39 is 11.9 Å². The third kappa shape index (κ3) is 4.23. The number of halogens is 3. The molecule has 1 fully saturated rings. The van der Waals surface area contributed by atoms with Gasteiger partial charge in [0.05, 0.1) is 13.2 Å². The molecule has 0 bridgehead atoms. The number of ether oxygens (including phenoxy) is 1. The molecule has 0 unspecified atom stereocenters. The van der Waals surface area contributed by atoms with E-state index in [-0.39, 0.29) is 29.3 Å². The molecule has 1 heterocycles. The topological polar surface area (TPSA) is 49.8 Å². The van der Waals surface area contributed by atoms with E-state index in [4.69, 9.17) is 16.3 Å². The first kappa shape index (κ1) is 20.1. The molecule has 0 radical (unpaired) electrons. The van der Waals surface area contributed by atoms with Crippen LogP contribution in [0.15, 0.2) is 30.3 Å². The van der Waals surface area contributed by atoms with Crippen molar-refractivity contribution in [3.05, 3.63) is 64.2 Å². The zero-order valence-corrected chi connectivity index (χ0v) is 16.6. The van der Waals surface area contributed by atoms with Crippen LogP contribution in [-0.4, -0.2) is 41.5 Å². The molecule has 4 rings (SSSR count). The predicted molar refractivity (Wildman–Crippen MR) is 105 cm³/mol. The highest BCUT2D eigenvalue weighted by Crippen LogP contribution is 2.41. The van der Waals surface area contributed by atoms with Crippen LogP contribution in [-0.2, 0) is 22.4 Å². The van der Waals surface area contributed by atoms with Crippen LogP contribution < -0.4 is 0 Å². The molecule has 0 spiro atoms. The SMILES string of the molecule is O=C(CCl)N1CCO[C@H](c2cc(F)cc3c2CC[C@@H]3Cc2cc(O)cc(F)c2)C1. The number of aromatic hydroxyl groups is 1. The van der Waals surface area contributed by atoms with E-state index in [1.165, 1.54) is 12.1 Å². The summed E-state index contributed by atoms with van der Waals surface area (Å²) in [6.45, 7) is 1.21. The van der Waals surface area contributed by atoms with Crippen LogP contribution in [0.1, 0.15) is 40.7 Å². The second kappa shape index (κ2) is 8.28. The Morgan fingerprint density at radius 3 is 2.69 bits per heavy atom. The summed E-state index contributed by atoms with van der Waals surface area (Å²) in [5.41, 5.74) is 3.39. The van der Waals surface area contributed by atoms with E-state index in [9.17, 15) is 18.7 Å². The summed E-state index contributed by atoms with van der Waals surface area (Å²) in [7, 11) is 0. The summed E-state index contributed by atoms with van der Waals surface area (Å²) in [6.07, 6.45) is 1.70. The van der Waals surface area contributed by atoms with E-state index in [0.29, 0.717) is 31.7 Å². The van der Waals surface area contributed by atoms with Gasteiger partial charge in [-0.05, 0) is 71.7 Å².